The third kappa shape index (κ3) is 3.74. The number of hydrogen-bond acceptors (Lipinski definition) is 2. The van der Waals surface area contributed by atoms with E-state index in [1.807, 2.05) is 0 Å². The maximum Gasteiger partial charge on any atom is 0.316 e. The second-order valence-electron chi connectivity index (χ2n) is 5.88. The average Bonchev–Trinajstić information content (AvgIpc) is 2.38. The SMILES string of the molecule is Cc1cccc(CN(C)[C@H]2CCN(C(=O)Cl)[C@@H](C)C2)c1. The number of piperidine rings is 1. The molecule has 1 fully saturated rings. The minimum Gasteiger partial charge on any atom is -0.326 e. The van der Waals surface area contributed by atoms with E-state index in [2.05, 4.69) is 50.1 Å². The highest BCUT2D eigenvalue weighted by atomic mass is 35.5. The molecule has 0 N–H and O–H groups in total. The first-order valence-electron chi connectivity index (χ1n) is 7.19. The Hall–Kier alpha value is -1.06. The molecule has 0 saturated carbocycles. The van der Waals surface area contributed by atoms with Crippen molar-refractivity contribution in [3.8, 4) is 0 Å². The van der Waals surface area contributed by atoms with Crippen LogP contribution in [0.1, 0.15) is 30.9 Å². The molecule has 0 bridgehead atoms. The molecule has 1 saturated heterocycles. The number of halogens is 1. The Morgan fingerprint density at radius 1 is 1.50 bits per heavy atom. The van der Waals surface area contributed by atoms with Gasteiger partial charge in [0.15, 0.2) is 0 Å². The molecule has 1 heterocycles. The molecule has 0 aliphatic carbocycles. The predicted molar refractivity (Wildman–Crippen MR) is 83.1 cm³/mol. The lowest BCUT2D eigenvalue weighted by Gasteiger charge is -2.40. The summed E-state index contributed by atoms with van der Waals surface area (Å²) in [5.41, 5.74) is 2.64. The van der Waals surface area contributed by atoms with Crippen LogP contribution in [0.25, 0.3) is 0 Å². The van der Waals surface area contributed by atoms with Crippen molar-refractivity contribution in [1.82, 2.24) is 9.80 Å². The van der Waals surface area contributed by atoms with E-state index in [-0.39, 0.29) is 11.4 Å². The van der Waals surface area contributed by atoms with Gasteiger partial charge < -0.3 is 4.90 Å². The molecule has 1 aliphatic heterocycles. The van der Waals surface area contributed by atoms with Crippen molar-refractivity contribution >= 4 is 17.0 Å². The lowest BCUT2D eigenvalue weighted by Crippen LogP contribution is -2.48. The van der Waals surface area contributed by atoms with Crippen LogP contribution in [-0.4, -0.2) is 40.8 Å². The zero-order chi connectivity index (χ0) is 14.7. The summed E-state index contributed by atoms with van der Waals surface area (Å²) < 4.78 is 0. The van der Waals surface area contributed by atoms with Crippen molar-refractivity contribution in [2.45, 2.75) is 45.3 Å². The van der Waals surface area contributed by atoms with Crippen LogP contribution in [0.15, 0.2) is 24.3 Å². The smallest absolute Gasteiger partial charge is 0.316 e. The molecule has 1 aromatic carbocycles. The molecule has 110 valence electrons. The molecule has 2 rings (SSSR count). The molecule has 0 radical (unpaired) electrons. The zero-order valence-corrected chi connectivity index (χ0v) is 13.2. The van der Waals surface area contributed by atoms with E-state index < -0.39 is 0 Å². The quantitative estimate of drug-likeness (QED) is 0.628. The number of rotatable bonds is 3. The maximum atomic E-state index is 11.3. The fourth-order valence-electron chi connectivity index (χ4n) is 3.04. The topological polar surface area (TPSA) is 23.6 Å². The fraction of sp³-hybridized carbons (Fsp3) is 0.562. The molecule has 1 aromatic rings. The second-order valence-corrected chi connectivity index (χ2v) is 6.20. The summed E-state index contributed by atoms with van der Waals surface area (Å²) in [6.07, 6.45) is 1.98. The van der Waals surface area contributed by atoms with Crippen LogP contribution in [0.2, 0.25) is 0 Å². The first-order chi connectivity index (χ1) is 9.47. The summed E-state index contributed by atoms with van der Waals surface area (Å²) in [6.45, 7) is 5.91. The third-order valence-electron chi connectivity index (χ3n) is 4.21. The van der Waals surface area contributed by atoms with Gasteiger partial charge in [-0.25, -0.2) is 0 Å². The van der Waals surface area contributed by atoms with Crippen LogP contribution < -0.4 is 0 Å². The molecule has 1 amide bonds. The van der Waals surface area contributed by atoms with Crippen LogP contribution in [0.3, 0.4) is 0 Å². The van der Waals surface area contributed by atoms with Crippen molar-refractivity contribution in [2.75, 3.05) is 13.6 Å². The minimum absolute atomic E-state index is 0.221. The van der Waals surface area contributed by atoms with Crippen LogP contribution in [0.5, 0.6) is 0 Å². The highest BCUT2D eigenvalue weighted by molar-refractivity contribution is 6.62. The molecule has 0 aromatic heterocycles. The first kappa shape index (κ1) is 15.3. The molecule has 0 spiro atoms. The number of benzene rings is 1. The number of likely N-dealkylation sites (tertiary alicyclic amines) is 1. The van der Waals surface area contributed by atoms with E-state index in [4.69, 9.17) is 11.6 Å². The molecule has 2 atom stereocenters. The van der Waals surface area contributed by atoms with Gasteiger partial charge in [0.25, 0.3) is 0 Å². The summed E-state index contributed by atoms with van der Waals surface area (Å²) in [5.74, 6) is 0. The zero-order valence-electron chi connectivity index (χ0n) is 12.5. The summed E-state index contributed by atoms with van der Waals surface area (Å²) in [7, 11) is 2.16. The number of aryl methyl sites for hydroxylation is 1. The number of amides is 1. The van der Waals surface area contributed by atoms with Gasteiger partial charge in [0.1, 0.15) is 0 Å². The van der Waals surface area contributed by atoms with Gasteiger partial charge >= 0.3 is 5.37 Å². The molecule has 4 heteroatoms. The van der Waals surface area contributed by atoms with Crippen molar-refractivity contribution in [3.05, 3.63) is 35.4 Å². The Morgan fingerprint density at radius 2 is 2.25 bits per heavy atom. The minimum atomic E-state index is -0.322. The third-order valence-corrected chi connectivity index (χ3v) is 4.43. The van der Waals surface area contributed by atoms with Crippen LogP contribution in [0.4, 0.5) is 4.79 Å². The Kier molecular flexibility index (Phi) is 5.06. The number of nitrogens with zero attached hydrogens (tertiary/aromatic N) is 2. The van der Waals surface area contributed by atoms with E-state index in [0.717, 1.165) is 25.9 Å². The highest BCUT2D eigenvalue weighted by Crippen LogP contribution is 2.23. The van der Waals surface area contributed by atoms with Gasteiger partial charge in [0.2, 0.25) is 0 Å². The molecular weight excluding hydrogens is 272 g/mol. The van der Waals surface area contributed by atoms with Gasteiger partial charge in [0, 0.05) is 25.2 Å². The lowest BCUT2D eigenvalue weighted by molar-refractivity contribution is 0.108. The molecule has 3 nitrogen and oxygen atoms in total. The summed E-state index contributed by atoms with van der Waals surface area (Å²) >= 11 is 5.60. The highest BCUT2D eigenvalue weighted by Gasteiger charge is 2.29. The Bertz CT molecular complexity index is 477. The number of carbonyl (C=O) groups excluding carboxylic acids is 1. The Balaban J connectivity index is 1.94. The standard InChI is InChI=1S/C16H23ClN2O/c1-12-5-4-6-14(9-12)11-18(3)15-7-8-19(16(17)20)13(2)10-15/h4-6,9,13,15H,7-8,10-11H2,1-3H3/t13-,15-/m0/s1. The maximum absolute atomic E-state index is 11.3. The van der Waals surface area contributed by atoms with Gasteiger partial charge in [-0.15, -0.1) is 0 Å². The van der Waals surface area contributed by atoms with Crippen LogP contribution in [0, 0.1) is 6.92 Å². The molecule has 1 aliphatic rings. The number of carbonyl (C=O) groups is 1. The first-order valence-corrected chi connectivity index (χ1v) is 7.57. The summed E-state index contributed by atoms with van der Waals surface area (Å²) in [6, 6.07) is 9.37. The Labute approximate surface area is 126 Å². The second kappa shape index (κ2) is 6.59. The predicted octanol–water partition coefficient (Wildman–Crippen LogP) is 3.64. The van der Waals surface area contributed by atoms with Crippen molar-refractivity contribution in [2.24, 2.45) is 0 Å². The lowest BCUT2D eigenvalue weighted by atomic mass is 9.97. The Morgan fingerprint density at radius 3 is 2.85 bits per heavy atom. The van der Waals surface area contributed by atoms with Crippen LogP contribution >= 0.6 is 11.6 Å². The summed E-state index contributed by atoms with van der Waals surface area (Å²) in [4.78, 5) is 15.4. The molecular formula is C16H23ClN2O. The molecule has 0 unspecified atom stereocenters. The van der Waals surface area contributed by atoms with Crippen molar-refractivity contribution in [1.29, 1.82) is 0 Å². The van der Waals surface area contributed by atoms with Crippen molar-refractivity contribution < 1.29 is 4.79 Å². The normalized spacial score (nSPS) is 23.1. The van der Waals surface area contributed by atoms with Gasteiger partial charge in [-0.1, -0.05) is 29.8 Å². The van der Waals surface area contributed by atoms with Gasteiger partial charge in [-0.3, -0.25) is 9.69 Å². The van der Waals surface area contributed by atoms with Gasteiger partial charge in [0.05, 0.1) is 0 Å². The molecule has 20 heavy (non-hydrogen) atoms. The van der Waals surface area contributed by atoms with Gasteiger partial charge in [-0.2, -0.15) is 0 Å². The van der Waals surface area contributed by atoms with Gasteiger partial charge in [-0.05, 0) is 50.9 Å². The average molecular weight is 295 g/mol. The van der Waals surface area contributed by atoms with Crippen LogP contribution in [-0.2, 0) is 6.54 Å². The monoisotopic (exact) mass is 294 g/mol. The van der Waals surface area contributed by atoms with E-state index in [9.17, 15) is 4.79 Å². The van der Waals surface area contributed by atoms with E-state index in [0.29, 0.717) is 6.04 Å². The largest absolute Gasteiger partial charge is 0.326 e. The summed E-state index contributed by atoms with van der Waals surface area (Å²) in [5, 5.41) is -0.322. The van der Waals surface area contributed by atoms with E-state index in [1.54, 1.807) is 4.90 Å². The van der Waals surface area contributed by atoms with Crippen molar-refractivity contribution in [3.63, 3.8) is 0 Å². The van der Waals surface area contributed by atoms with E-state index in [1.165, 1.54) is 11.1 Å². The fourth-order valence-corrected chi connectivity index (χ4v) is 3.29. The number of hydrogen-bond donors (Lipinski definition) is 0. The van der Waals surface area contributed by atoms with E-state index >= 15 is 0 Å².